The standard InChI is InChI=1S/C19H20Cl2N2O3S2/c20-15-4-3-14(18(21)12-15)13-27-11-9-22-28(25,26)17-7-5-16(6-8-17)23-10-1-2-19(23)24/h3-8,12,22H,1-2,9-11,13H2. The Labute approximate surface area is 179 Å². The summed E-state index contributed by atoms with van der Waals surface area (Å²) in [5.41, 5.74) is 1.70. The smallest absolute Gasteiger partial charge is 0.240 e. The molecule has 2 aromatic carbocycles. The topological polar surface area (TPSA) is 66.5 Å². The zero-order valence-electron chi connectivity index (χ0n) is 15.0. The largest absolute Gasteiger partial charge is 0.312 e. The van der Waals surface area contributed by atoms with Crippen LogP contribution in [0, 0.1) is 0 Å². The predicted molar refractivity (Wildman–Crippen MR) is 116 cm³/mol. The fraction of sp³-hybridized carbons (Fsp3) is 0.316. The normalized spacial score (nSPS) is 14.6. The number of rotatable bonds is 8. The van der Waals surface area contributed by atoms with Crippen LogP contribution in [0.1, 0.15) is 18.4 Å². The van der Waals surface area contributed by atoms with Gasteiger partial charge in [-0.3, -0.25) is 4.79 Å². The van der Waals surface area contributed by atoms with Crippen LogP contribution in [0.2, 0.25) is 10.0 Å². The van der Waals surface area contributed by atoms with Gasteiger partial charge in [-0.05, 0) is 48.4 Å². The number of nitrogens with one attached hydrogen (secondary N) is 1. The van der Waals surface area contributed by atoms with E-state index in [1.54, 1.807) is 40.9 Å². The molecule has 0 spiro atoms. The molecule has 150 valence electrons. The minimum absolute atomic E-state index is 0.0755. The first-order valence-corrected chi connectivity index (χ1v) is 12.2. The van der Waals surface area contributed by atoms with Gasteiger partial charge in [0.2, 0.25) is 15.9 Å². The van der Waals surface area contributed by atoms with E-state index in [2.05, 4.69) is 4.72 Å². The van der Waals surface area contributed by atoms with Crippen molar-refractivity contribution in [2.24, 2.45) is 0 Å². The average molecular weight is 459 g/mol. The van der Waals surface area contributed by atoms with Gasteiger partial charge in [-0.2, -0.15) is 11.8 Å². The zero-order valence-corrected chi connectivity index (χ0v) is 18.2. The number of sulfonamides is 1. The second-order valence-electron chi connectivity index (χ2n) is 6.33. The maximum absolute atomic E-state index is 12.4. The number of hydrogen-bond donors (Lipinski definition) is 1. The van der Waals surface area contributed by atoms with E-state index < -0.39 is 10.0 Å². The van der Waals surface area contributed by atoms with Gasteiger partial charge in [0.1, 0.15) is 0 Å². The minimum atomic E-state index is -3.58. The first-order valence-electron chi connectivity index (χ1n) is 8.78. The molecule has 2 aromatic rings. The summed E-state index contributed by atoms with van der Waals surface area (Å²) in [5.74, 6) is 1.36. The summed E-state index contributed by atoms with van der Waals surface area (Å²) < 4.78 is 27.4. The molecule has 0 saturated carbocycles. The number of carbonyl (C=O) groups excluding carboxylic acids is 1. The molecule has 1 saturated heterocycles. The Kier molecular flexibility index (Phi) is 7.28. The molecule has 1 aliphatic rings. The maximum Gasteiger partial charge on any atom is 0.240 e. The van der Waals surface area contributed by atoms with Gasteiger partial charge >= 0.3 is 0 Å². The molecular weight excluding hydrogens is 439 g/mol. The van der Waals surface area contributed by atoms with E-state index in [-0.39, 0.29) is 10.8 Å². The van der Waals surface area contributed by atoms with Gasteiger partial charge in [-0.25, -0.2) is 13.1 Å². The molecule has 0 aromatic heterocycles. The van der Waals surface area contributed by atoms with Crippen LogP contribution in [0.5, 0.6) is 0 Å². The Morgan fingerprint density at radius 3 is 2.50 bits per heavy atom. The second-order valence-corrected chi connectivity index (χ2v) is 10.0. The summed E-state index contributed by atoms with van der Waals surface area (Å²) in [6, 6.07) is 11.8. The van der Waals surface area contributed by atoms with E-state index >= 15 is 0 Å². The third-order valence-corrected chi connectivity index (χ3v) is 7.42. The number of anilines is 1. The van der Waals surface area contributed by atoms with E-state index in [1.807, 2.05) is 6.07 Å². The van der Waals surface area contributed by atoms with Gasteiger partial charge < -0.3 is 4.90 Å². The van der Waals surface area contributed by atoms with Gasteiger partial charge in [0, 0.05) is 46.7 Å². The van der Waals surface area contributed by atoms with Crippen LogP contribution in [0.3, 0.4) is 0 Å². The van der Waals surface area contributed by atoms with E-state index in [9.17, 15) is 13.2 Å². The highest BCUT2D eigenvalue weighted by Gasteiger charge is 2.22. The Hall–Kier alpha value is -1.25. The summed E-state index contributed by atoms with van der Waals surface area (Å²) in [5, 5.41) is 1.20. The molecule has 5 nitrogen and oxygen atoms in total. The number of halogens is 2. The van der Waals surface area contributed by atoms with Gasteiger partial charge in [0.25, 0.3) is 0 Å². The fourth-order valence-electron chi connectivity index (χ4n) is 2.88. The van der Waals surface area contributed by atoms with Crippen molar-refractivity contribution in [1.82, 2.24) is 4.72 Å². The highest BCUT2D eigenvalue weighted by molar-refractivity contribution is 7.98. The molecule has 28 heavy (non-hydrogen) atoms. The quantitative estimate of drug-likeness (QED) is 0.597. The Morgan fingerprint density at radius 2 is 1.86 bits per heavy atom. The molecule has 0 aliphatic carbocycles. The third-order valence-electron chi connectivity index (χ3n) is 4.34. The summed E-state index contributed by atoms with van der Waals surface area (Å²) in [7, 11) is -3.58. The molecule has 3 rings (SSSR count). The first-order chi connectivity index (χ1) is 13.4. The molecule has 1 N–H and O–H groups in total. The molecule has 0 unspecified atom stereocenters. The molecule has 0 radical (unpaired) electrons. The van der Waals surface area contributed by atoms with E-state index in [0.717, 1.165) is 17.7 Å². The number of nitrogens with zero attached hydrogens (tertiary/aromatic N) is 1. The van der Waals surface area contributed by atoms with Crippen molar-refractivity contribution in [2.75, 3.05) is 23.7 Å². The lowest BCUT2D eigenvalue weighted by atomic mass is 10.2. The molecule has 1 fully saturated rings. The van der Waals surface area contributed by atoms with Crippen molar-refractivity contribution in [2.45, 2.75) is 23.5 Å². The number of thioether (sulfide) groups is 1. The fourth-order valence-corrected chi connectivity index (χ4v) is 5.46. The van der Waals surface area contributed by atoms with E-state index in [0.29, 0.717) is 41.1 Å². The molecule has 0 bridgehead atoms. The molecule has 1 amide bonds. The lowest BCUT2D eigenvalue weighted by Gasteiger charge is -2.16. The monoisotopic (exact) mass is 458 g/mol. The second kappa shape index (κ2) is 9.50. The van der Waals surface area contributed by atoms with Crippen molar-refractivity contribution in [1.29, 1.82) is 0 Å². The van der Waals surface area contributed by atoms with E-state index in [1.165, 1.54) is 12.1 Å². The lowest BCUT2D eigenvalue weighted by Crippen LogP contribution is -2.26. The van der Waals surface area contributed by atoms with Crippen LogP contribution in [-0.2, 0) is 20.6 Å². The summed E-state index contributed by atoms with van der Waals surface area (Å²) >= 11 is 13.6. The van der Waals surface area contributed by atoms with Crippen LogP contribution in [0.25, 0.3) is 0 Å². The predicted octanol–water partition coefficient (Wildman–Crippen LogP) is 4.33. The van der Waals surface area contributed by atoms with Crippen LogP contribution >= 0.6 is 35.0 Å². The van der Waals surface area contributed by atoms with Crippen LogP contribution in [-0.4, -0.2) is 33.2 Å². The molecule has 1 heterocycles. The molecular formula is C19H20Cl2N2O3S2. The summed E-state index contributed by atoms with van der Waals surface area (Å²) in [6.07, 6.45) is 1.37. The Bertz CT molecular complexity index is 950. The molecule has 1 aliphatic heterocycles. The van der Waals surface area contributed by atoms with Crippen molar-refractivity contribution in [3.8, 4) is 0 Å². The van der Waals surface area contributed by atoms with Crippen molar-refractivity contribution < 1.29 is 13.2 Å². The number of carbonyl (C=O) groups is 1. The molecule has 0 atom stereocenters. The third kappa shape index (κ3) is 5.42. The maximum atomic E-state index is 12.4. The molecule has 9 heteroatoms. The van der Waals surface area contributed by atoms with Crippen LogP contribution in [0.15, 0.2) is 47.4 Å². The SMILES string of the molecule is O=C1CCCN1c1ccc(S(=O)(=O)NCCSCc2ccc(Cl)cc2Cl)cc1. The summed E-state index contributed by atoms with van der Waals surface area (Å²) in [6.45, 7) is 0.989. The van der Waals surface area contributed by atoms with Crippen LogP contribution in [0.4, 0.5) is 5.69 Å². The number of amides is 1. The van der Waals surface area contributed by atoms with Crippen molar-refractivity contribution in [3.05, 3.63) is 58.1 Å². The highest BCUT2D eigenvalue weighted by atomic mass is 35.5. The minimum Gasteiger partial charge on any atom is -0.312 e. The first kappa shape index (κ1) is 21.5. The number of benzene rings is 2. The van der Waals surface area contributed by atoms with Gasteiger partial charge in [0.05, 0.1) is 4.90 Å². The average Bonchev–Trinajstić information content (AvgIpc) is 3.09. The number of hydrogen-bond acceptors (Lipinski definition) is 4. The highest BCUT2D eigenvalue weighted by Crippen LogP contribution is 2.25. The van der Waals surface area contributed by atoms with Gasteiger partial charge in [-0.1, -0.05) is 29.3 Å². The van der Waals surface area contributed by atoms with Crippen LogP contribution < -0.4 is 9.62 Å². The lowest BCUT2D eigenvalue weighted by molar-refractivity contribution is -0.117. The van der Waals surface area contributed by atoms with Crippen molar-refractivity contribution in [3.63, 3.8) is 0 Å². The Balaban J connectivity index is 1.49. The Morgan fingerprint density at radius 1 is 1.11 bits per heavy atom. The van der Waals surface area contributed by atoms with Gasteiger partial charge in [-0.15, -0.1) is 0 Å². The van der Waals surface area contributed by atoms with Gasteiger partial charge in [0.15, 0.2) is 0 Å². The zero-order chi connectivity index (χ0) is 20.1. The van der Waals surface area contributed by atoms with E-state index in [4.69, 9.17) is 23.2 Å². The van der Waals surface area contributed by atoms with Crippen molar-refractivity contribution >= 4 is 56.6 Å². The summed E-state index contributed by atoms with van der Waals surface area (Å²) in [4.78, 5) is 13.6.